The van der Waals surface area contributed by atoms with Gasteiger partial charge in [-0.15, -0.1) is 0 Å². The van der Waals surface area contributed by atoms with Gasteiger partial charge in [-0.25, -0.2) is 4.39 Å². The molecule has 0 bridgehead atoms. The second-order valence-corrected chi connectivity index (χ2v) is 4.56. The van der Waals surface area contributed by atoms with Crippen LogP contribution in [0.25, 0.3) is 0 Å². The summed E-state index contributed by atoms with van der Waals surface area (Å²) in [6, 6.07) is 7.64. The van der Waals surface area contributed by atoms with Crippen LogP contribution in [-0.4, -0.2) is 17.9 Å². The minimum Gasteiger partial charge on any atom is -0.365 e. The molecule has 84 valence electrons. The summed E-state index contributed by atoms with van der Waals surface area (Å²) in [7, 11) is 0. The van der Waals surface area contributed by atoms with Gasteiger partial charge in [0.1, 0.15) is 11.7 Å². The van der Waals surface area contributed by atoms with E-state index in [0.29, 0.717) is 17.6 Å². The third-order valence-electron chi connectivity index (χ3n) is 3.48. The lowest BCUT2D eigenvalue weighted by molar-refractivity contribution is 0.384. The average molecular weight is 218 g/mol. The van der Waals surface area contributed by atoms with Crippen molar-refractivity contribution in [3.8, 4) is 0 Å². The molecule has 2 atom stereocenters. The quantitative estimate of drug-likeness (QED) is 0.769. The van der Waals surface area contributed by atoms with Crippen LogP contribution in [0.4, 0.5) is 4.39 Å². The van der Waals surface area contributed by atoms with Crippen molar-refractivity contribution in [1.82, 2.24) is 5.32 Å². The first-order valence-corrected chi connectivity index (χ1v) is 5.94. The fraction of sp³-hybridized carbons (Fsp3) is 0.462. The van der Waals surface area contributed by atoms with Gasteiger partial charge in [0.2, 0.25) is 0 Å². The number of benzene rings is 1. The Balaban J connectivity index is 1.89. The fourth-order valence-electron chi connectivity index (χ4n) is 2.61. The van der Waals surface area contributed by atoms with Crippen molar-refractivity contribution in [1.29, 1.82) is 0 Å². The molecule has 2 nitrogen and oxygen atoms in total. The highest BCUT2D eigenvalue weighted by atomic mass is 19.1. The monoisotopic (exact) mass is 218 g/mol. The first-order chi connectivity index (χ1) is 7.84. The number of nitrogens with zero attached hydrogens (tertiary/aromatic N) is 1. The Morgan fingerprint density at radius 2 is 2.00 bits per heavy atom. The van der Waals surface area contributed by atoms with Gasteiger partial charge in [-0.2, -0.15) is 0 Å². The van der Waals surface area contributed by atoms with Crippen LogP contribution in [0.1, 0.15) is 31.2 Å². The van der Waals surface area contributed by atoms with E-state index >= 15 is 0 Å². The van der Waals surface area contributed by atoms with E-state index in [-0.39, 0.29) is 5.82 Å². The van der Waals surface area contributed by atoms with E-state index < -0.39 is 0 Å². The number of rotatable bonds is 1. The predicted octanol–water partition coefficient (Wildman–Crippen LogP) is 2.49. The molecule has 1 aromatic rings. The molecule has 1 N–H and O–H groups in total. The summed E-state index contributed by atoms with van der Waals surface area (Å²) in [4.78, 5) is 4.61. The van der Waals surface area contributed by atoms with Gasteiger partial charge in [0, 0.05) is 6.04 Å². The zero-order valence-corrected chi connectivity index (χ0v) is 9.12. The molecule has 1 aliphatic carbocycles. The van der Waals surface area contributed by atoms with Crippen LogP contribution in [0.3, 0.4) is 0 Å². The summed E-state index contributed by atoms with van der Waals surface area (Å²) in [5.74, 6) is 0.558. The van der Waals surface area contributed by atoms with Gasteiger partial charge in [0.05, 0.1) is 11.6 Å². The number of nitrogens with one attached hydrogen (secondary N) is 1. The van der Waals surface area contributed by atoms with Crippen molar-refractivity contribution < 1.29 is 4.39 Å². The van der Waals surface area contributed by atoms with Crippen molar-refractivity contribution in [3.05, 3.63) is 35.6 Å². The molecule has 16 heavy (non-hydrogen) atoms. The second-order valence-electron chi connectivity index (χ2n) is 4.56. The van der Waals surface area contributed by atoms with Crippen LogP contribution in [0.15, 0.2) is 29.3 Å². The number of amidine groups is 1. The fourth-order valence-corrected chi connectivity index (χ4v) is 2.61. The number of fused-ring (bicyclic) bond motifs is 1. The maximum atomic E-state index is 13.6. The van der Waals surface area contributed by atoms with Gasteiger partial charge < -0.3 is 5.32 Å². The molecular weight excluding hydrogens is 203 g/mol. The largest absolute Gasteiger partial charge is 0.365 e. The molecule has 0 saturated heterocycles. The highest BCUT2D eigenvalue weighted by molar-refractivity contribution is 6.00. The Kier molecular flexibility index (Phi) is 2.39. The van der Waals surface area contributed by atoms with Gasteiger partial charge in [0.15, 0.2) is 0 Å². The Morgan fingerprint density at radius 1 is 1.19 bits per heavy atom. The maximum absolute atomic E-state index is 13.6. The Morgan fingerprint density at radius 3 is 2.81 bits per heavy atom. The van der Waals surface area contributed by atoms with E-state index in [1.807, 2.05) is 6.07 Å². The van der Waals surface area contributed by atoms with Crippen molar-refractivity contribution in [2.45, 2.75) is 37.8 Å². The molecule has 1 aliphatic heterocycles. The van der Waals surface area contributed by atoms with E-state index in [4.69, 9.17) is 0 Å². The molecule has 0 spiro atoms. The third kappa shape index (κ3) is 1.60. The summed E-state index contributed by atoms with van der Waals surface area (Å²) < 4.78 is 13.6. The van der Waals surface area contributed by atoms with Gasteiger partial charge in [0.25, 0.3) is 0 Å². The zero-order valence-electron chi connectivity index (χ0n) is 9.12. The van der Waals surface area contributed by atoms with Crippen LogP contribution >= 0.6 is 0 Å². The van der Waals surface area contributed by atoms with E-state index in [1.165, 1.54) is 18.9 Å². The van der Waals surface area contributed by atoms with Crippen molar-refractivity contribution >= 4 is 5.84 Å². The summed E-state index contributed by atoms with van der Waals surface area (Å²) >= 11 is 0. The lowest BCUT2D eigenvalue weighted by Gasteiger charge is -2.23. The average Bonchev–Trinajstić information content (AvgIpc) is 2.73. The van der Waals surface area contributed by atoms with Crippen LogP contribution < -0.4 is 5.32 Å². The van der Waals surface area contributed by atoms with Gasteiger partial charge in [-0.1, -0.05) is 25.0 Å². The molecule has 1 fully saturated rings. The summed E-state index contributed by atoms with van der Waals surface area (Å²) in [6.07, 6.45) is 4.80. The minimum atomic E-state index is -0.188. The molecule has 1 saturated carbocycles. The number of halogens is 1. The summed E-state index contributed by atoms with van der Waals surface area (Å²) in [5.41, 5.74) is 0.608. The van der Waals surface area contributed by atoms with Crippen LogP contribution in [0.5, 0.6) is 0 Å². The summed E-state index contributed by atoms with van der Waals surface area (Å²) in [5, 5.41) is 3.36. The third-order valence-corrected chi connectivity index (χ3v) is 3.48. The van der Waals surface area contributed by atoms with E-state index in [2.05, 4.69) is 10.3 Å². The lowest BCUT2D eigenvalue weighted by Crippen LogP contribution is -2.37. The molecule has 3 heteroatoms. The molecule has 1 aromatic carbocycles. The molecular formula is C13H15FN2. The molecule has 0 aromatic heterocycles. The summed E-state index contributed by atoms with van der Waals surface area (Å²) in [6.45, 7) is 0. The highest BCUT2D eigenvalue weighted by Crippen LogP contribution is 2.26. The first-order valence-electron chi connectivity index (χ1n) is 5.94. The maximum Gasteiger partial charge on any atom is 0.134 e. The Hall–Kier alpha value is -1.38. The Labute approximate surface area is 94.6 Å². The topological polar surface area (TPSA) is 24.4 Å². The molecule has 0 radical (unpaired) electrons. The number of hydrogen-bond donors (Lipinski definition) is 1. The molecule has 2 aliphatic rings. The molecule has 0 unspecified atom stereocenters. The van der Waals surface area contributed by atoms with Gasteiger partial charge in [-0.3, -0.25) is 4.99 Å². The van der Waals surface area contributed by atoms with Crippen molar-refractivity contribution in [3.63, 3.8) is 0 Å². The first kappa shape index (κ1) is 9.82. The molecule has 3 rings (SSSR count). The van der Waals surface area contributed by atoms with E-state index in [9.17, 15) is 4.39 Å². The second kappa shape index (κ2) is 3.89. The van der Waals surface area contributed by atoms with Crippen LogP contribution in [-0.2, 0) is 0 Å². The van der Waals surface area contributed by atoms with Crippen LogP contribution in [0, 0.1) is 5.82 Å². The lowest BCUT2D eigenvalue weighted by atomic mass is 9.92. The van der Waals surface area contributed by atoms with Gasteiger partial charge >= 0.3 is 0 Å². The van der Waals surface area contributed by atoms with Crippen molar-refractivity contribution in [2.24, 2.45) is 4.99 Å². The molecule has 1 heterocycles. The van der Waals surface area contributed by atoms with E-state index in [1.54, 1.807) is 12.1 Å². The zero-order chi connectivity index (χ0) is 11.0. The predicted molar refractivity (Wildman–Crippen MR) is 62.1 cm³/mol. The molecule has 0 amide bonds. The number of hydrogen-bond acceptors (Lipinski definition) is 2. The highest BCUT2D eigenvalue weighted by Gasteiger charge is 2.31. The smallest absolute Gasteiger partial charge is 0.134 e. The normalized spacial score (nSPS) is 28.2. The minimum absolute atomic E-state index is 0.188. The van der Waals surface area contributed by atoms with Gasteiger partial charge in [-0.05, 0) is 25.0 Å². The van der Waals surface area contributed by atoms with Crippen molar-refractivity contribution in [2.75, 3.05) is 0 Å². The van der Waals surface area contributed by atoms with E-state index in [0.717, 1.165) is 18.7 Å². The Bertz CT molecular complexity index is 428. The standard InChI is InChI=1S/C13H15FN2/c14-10-6-2-1-5-9(10)13-15-11-7-3-4-8-12(11)16-13/h1-2,5-6,11-12H,3-4,7-8H2,(H,15,16)/t11-,12-/m1/s1. The SMILES string of the molecule is Fc1ccccc1C1=N[C@@H]2CCCC[C@H]2N1. The van der Waals surface area contributed by atoms with Crippen LogP contribution in [0.2, 0.25) is 0 Å². The number of aliphatic imine (C=N–C) groups is 1.